The fraction of sp³-hybridized carbons (Fsp3) is 0.176. The van der Waals surface area contributed by atoms with Gasteiger partial charge in [0.25, 0.3) is 11.1 Å². The van der Waals surface area contributed by atoms with Crippen molar-refractivity contribution in [1.82, 2.24) is 4.90 Å². The second-order valence-corrected chi connectivity index (χ2v) is 5.93. The fourth-order valence-corrected chi connectivity index (χ4v) is 3.13. The molecule has 4 nitrogen and oxygen atoms in total. The highest BCUT2D eigenvalue weighted by molar-refractivity contribution is 8.18. The molecule has 2 amide bonds. The molecular weight excluding hydrogens is 298 g/mol. The first-order chi connectivity index (χ1) is 10.7. The summed E-state index contributed by atoms with van der Waals surface area (Å²) >= 11 is 0.965. The van der Waals surface area contributed by atoms with Crippen LogP contribution in [0, 0.1) is 0 Å². The maximum atomic E-state index is 12.3. The van der Waals surface area contributed by atoms with E-state index in [1.54, 1.807) is 18.2 Å². The van der Waals surface area contributed by atoms with Gasteiger partial charge in [-0.05, 0) is 42.3 Å². The lowest BCUT2D eigenvalue weighted by Gasteiger charge is -2.11. The Morgan fingerprint density at radius 3 is 2.64 bits per heavy atom. The second-order valence-electron chi connectivity index (χ2n) is 4.94. The lowest BCUT2D eigenvalue weighted by molar-refractivity contribution is -0.122. The molecule has 0 saturated carbocycles. The zero-order valence-corrected chi connectivity index (χ0v) is 12.7. The topological polar surface area (TPSA) is 50.5 Å². The van der Waals surface area contributed by atoms with Crippen molar-refractivity contribution in [2.45, 2.75) is 12.8 Å². The predicted molar refractivity (Wildman–Crippen MR) is 86.1 cm³/mol. The molecule has 0 bridgehead atoms. The van der Waals surface area contributed by atoms with Gasteiger partial charge in [-0.15, -0.1) is 0 Å². The van der Waals surface area contributed by atoms with Gasteiger partial charge in [-0.25, -0.2) is 0 Å². The zero-order valence-electron chi connectivity index (χ0n) is 11.9. The number of benzene rings is 1. The van der Waals surface area contributed by atoms with Gasteiger partial charge in [-0.1, -0.05) is 30.3 Å². The molecule has 0 aliphatic carbocycles. The van der Waals surface area contributed by atoms with Crippen LogP contribution in [-0.4, -0.2) is 22.6 Å². The van der Waals surface area contributed by atoms with E-state index in [0.29, 0.717) is 17.2 Å². The van der Waals surface area contributed by atoms with E-state index >= 15 is 0 Å². The highest BCUT2D eigenvalue weighted by Gasteiger charge is 2.34. The van der Waals surface area contributed by atoms with Crippen molar-refractivity contribution in [3.63, 3.8) is 0 Å². The average molecular weight is 313 g/mol. The van der Waals surface area contributed by atoms with E-state index in [1.165, 1.54) is 16.7 Å². The molecule has 1 aliphatic heterocycles. The van der Waals surface area contributed by atoms with E-state index in [1.807, 2.05) is 30.3 Å². The molecule has 112 valence electrons. The Kier molecular flexibility index (Phi) is 4.44. The molecule has 1 aliphatic rings. The summed E-state index contributed by atoms with van der Waals surface area (Å²) in [5.74, 6) is 0.342. The molecular formula is C17H15NO3S. The molecule has 0 spiro atoms. The quantitative estimate of drug-likeness (QED) is 0.784. The second kappa shape index (κ2) is 6.66. The van der Waals surface area contributed by atoms with E-state index in [4.69, 9.17) is 4.42 Å². The van der Waals surface area contributed by atoms with E-state index < -0.39 is 0 Å². The highest BCUT2D eigenvalue weighted by Crippen LogP contribution is 2.32. The third kappa shape index (κ3) is 3.31. The molecule has 2 heterocycles. The van der Waals surface area contributed by atoms with Crippen LogP contribution in [0.25, 0.3) is 6.08 Å². The number of amides is 2. The monoisotopic (exact) mass is 313 g/mol. The van der Waals surface area contributed by atoms with Crippen molar-refractivity contribution in [3.8, 4) is 0 Å². The first-order valence-corrected chi connectivity index (χ1v) is 7.88. The van der Waals surface area contributed by atoms with Crippen LogP contribution in [0.5, 0.6) is 0 Å². The van der Waals surface area contributed by atoms with Crippen LogP contribution in [0.15, 0.2) is 58.1 Å². The summed E-state index contributed by atoms with van der Waals surface area (Å²) in [6.07, 6.45) is 4.76. The summed E-state index contributed by atoms with van der Waals surface area (Å²) in [7, 11) is 0. The molecule has 1 aromatic carbocycles. The Balaban J connectivity index is 1.60. The summed E-state index contributed by atoms with van der Waals surface area (Å²) in [5, 5.41) is -0.212. The zero-order chi connectivity index (χ0) is 15.4. The first-order valence-electron chi connectivity index (χ1n) is 7.07. The number of imide groups is 1. The number of aryl methyl sites for hydroxylation is 1. The van der Waals surface area contributed by atoms with Crippen molar-refractivity contribution < 1.29 is 14.0 Å². The van der Waals surface area contributed by atoms with Crippen molar-refractivity contribution >= 4 is 29.0 Å². The predicted octanol–water partition coefficient (Wildman–Crippen LogP) is 3.95. The minimum Gasteiger partial charge on any atom is -0.465 e. The maximum absolute atomic E-state index is 12.3. The van der Waals surface area contributed by atoms with E-state index in [0.717, 1.165) is 24.6 Å². The largest absolute Gasteiger partial charge is 0.465 e. The summed E-state index contributed by atoms with van der Waals surface area (Å²) in [4.78, 5) is 25.9. The van der Waals surface area contributed by atoms with Crippen molar-refractivity contribution in [1.29, 1.82) is 0 Å². The van der Waals surface area contributed by atoms with Crippen molar-refractivity contribution in [2.75, 3.05) is 6.54 Å². The maximum Gasteiger partial charge on any atom is 0.293 e. The summed E-state index contributed by atoms with van der Waals surface area (Å²) in [6, 6.07) is 13.5. The first kappa shape index (κ1) is 14.7. The number of furan rings is 1. The van der Waals surface area contributed by atoms with Gasteiger partial charge < -0.3 is 4.42 Å². The van der Waals surface area contributed by atoms with E-state index in [2.05, 4.69) is 0 Å². The molecule has 1 fully saturated rings. The number of hydrogen-bond donors (Lipinski definition) is 0. The van der Waals surface area contributed by atoms with Gasteiger partial charge in [0.05, 0.1) is 11.2 Å². The Hall–Kier alpha value is -2.27. The molecule has 3 rings (SSSR count). The molecule has 0 N–H and O–H groups in total. The van der Waals surface area contributed by atoms with Crippen LogP contribution < -0.4 is 0 Å². The summed E-state index contributed by atoms with van der Waals surface area (Å²) in [5.41, 5.74) is 1.21. The average Bonchev–Trinajstić information content (AvgIpc) is 3.12. The number of nitrogens with zero attached hydrogens (tertiary/aromatic N) is 1. The number of hydrogen-bond acceptors (Lipinski definition) is 4. The van der Waals surface area contributed by atoms with Gasteiger partial charge >= 0.3 is 0 Å². The van der Waals surface area contributed by atoms with Crippen molar-refractivity contribution in [3.05, 3.63) is 65.0 Å². The van der Waals surface area contributed by atoms with Gasteiger partial charge in [0.1, 0.15) is 5.76 Å². The van der Waals surface area contributed by atoms with Gasteiger partial charge in [-0.2, -0.15) is 0 Å². The van der Waals surface area contributed by atoms with Crippen LogP contribution in [0.2, 0.25) is 0 Å². The SMILES string of the molecule is O=C1S/C(=C\c2ccco2)C(=O)N1CCCc1ccccc1. The van der Waals surface area contributed by atoms with E-state index in [-0.39, 0.29) is 11.1 Å². The van der Waals surface area contributed by atoms with Crippen LogP contribution in [-0.2, 0) is 11.2 Å². The van der Waals surface area contributed by atoms with Gasteiger partial charge in [-0.3, -0.25) is 14.5 Å². The minimum absolute atomic E-state index is 0.212. The van der Waals surface area contributed by atoms with Crippen LogP contribution >= 0.6 is 11.8 Å². The molecule has 0 radical (unpaired) electrons. The van der Waals surface area contributed by atoms with E-state index in [9.17, 15) is 9.59 Å². The Morgan fingerprint density at radius 1 is 1.09 bits per heavy atom. The molecule has 0 atom stereocenters. The standard InChI is InChI=1S/C17H15NO3S/c19-16-15(12-14-9-5-11-21-14)22-17(20)18(16)10-4-8-13-6-2-1-3-7-13/h1-3,5-7,9,11-12H,4,8,10H2/b15-12-. The van der Waals surface area contributed by atoms with Gasteiger partial charge in [0.2, 0.25) is 0 Å². The highest BCUT2D eigenvalue weighted by atomic mass is 32.2. The third-order valence-corrected chi connectivity index (χ3v) is 4.29. The Bertz CT molecular complexity index is 692. The molecule has 2 aromatic rings. The number of carbonyl (C=O) groups is 2. The summed E-state index contributed by atoms with van der Waals surface area (Å²) in [6.45, 7) is 0.440. The minimum atomic E-state index is -0.237. The van der Waals surface area contributed by atoms with Gasteiger partial charge in [0.15, 0.2) is 0 Å². The van der Waals surface area contributed by atoms with Crippen LogP contribution in [0.4, 0.5) is 4.79 Å². The number of rotatable bonds is 5. The van der Waals surface area contributed by atoms with Crippen molar-refractivity contribution in [2.24, 2.45) is 0 Å². The number of carbonyl (C=O) groups excluding carboxylic acids is 2. The molecule has 1 saturated heterocycles. The Morgan fingerprint density at radius 2 is 1.91 bits per heavy atom. The normalized spacial score (nSPS) is 16.7. The lowest BCUT2D eigenvalue weighted by Crippen LogP contribution is -2.29. The molecule has 5 heteroatoms. The van der Waals surface area contributed by atoms with Gasteiger partial charge in [0, 0.05) is 12.6 Å². The summed E-state index contributed by atoms with van der Waals surface area (Å²) < 4.78 is 5.18. The molecule has 0 unspecified atom stereocenters. The molecule has 22 heavy (non-hydrogen) atoms. The van der Waals surface area contributed by atoms with Crippen LogP contribution in [0.3, 0.4) is 0 Å². The third-order valence-electron chi connectivity index (χ3n) is 3.38. The lowest BCUT2D eigenvalue weighted by atomic mass is 10.1. The number of thioether (sulfide) groups is 1. The Labute approximate surface area is 132 Å². The fourth-order valence-electron chi connectivity index (χ4n) is 2.28. The molecule has 1 aromatic heterocycles. The van der Waals surface area contributed by atoms with Crippen LogP contribution in [0.1, 0.15) is 17.7 Å². The smallest absolute Gasteiger partial charge is 0.293 e.